The Morgan fingerprint density at radius 1 is 1.17 bits per heavy atom. The van der Waals surface area contributed by atoms with Gasteiger partial charge in [0, 0.05) is 37.3 Å². The molecule has 0 saturated carbocycles. The minimum atomic E-state index is 0.673. The molecule has 4 heteroatoms. The molecular weight excluding hydrogens is 224 g/mol. The van der Waals surface area contributed by atoms with Gasteiger partial charge in [-0.2, -0.15) is 5.10 Å². The Balaban J connectivity index is 1.68. The monoisotopic (exact) mass is 242 g/mol. The van der Waals surface area contributed by atoms with Gasteiger partial charge in [0.25, 0.3) is 0 Å². The molecule has 2 heterocycles. The Bertz CT molecular complexity index is 518. The normalized spacial score (nSPS) is 16.2. The zero-order valence-electron chi connectivity index (χ0n) is 10.4. The van der Waals surface area contributed by atoms with E-state index in [1.807, 2.05) is 0 Å². The van der Waals surface area contributed by atoms with Gasteiger partial charge in [0.2, 0.25) is 0 Å². The van der Waals surface area contributed by atoms with Crippen LogP contribution in [0.25, 0.3) is 0 Å². The Morgan fingerprint density at radius 2 is 1.94 bits per heavy atom. The third kappa shape index (κ3) is 2.24. The van der Waals surface area contributed by atoms with E-state index in [4.69, 9.17) is 5.73 Å². The number of rotatable bonds is 2. The summed E-state index contributed by atoms with van der Waals surface area (Å²) < 4.78 is 0. The van der Waals surface area contributed by atoms with Gasteiger partial charge in [0.15, 0.2) is 0 Å². The molecular formula is C14H18N4. The van der Waals surface area contributed by atoms with Gasteiger partial charge in [-0.25, -0.2) is 0 Å². The average molecular weight is 242 g/mol. The fourth-order valence-corrected chi connectivity index (χ4v) is 2.55. The lowest BCUT2D eigenvalue weighted by molar-refractivity contribution is 0.278. The number of nitrogens with two attached hydrogens (primary N) is 1. The molecule has 3 rings (SSSR count). The van der Waals surface area contributed by atoms with Crippen LogP contribution in [0.2, 0.25) is 0 Å². The molecule has 0 fully saturated rings. The van der Waals surface area contributed by atoms with Gasteiger partial charge in [-0.05, 0) is 12.0 Å². The van der Waals surface area contributed by atoms with Crippen molar-refractivity contribution in [1.82, 2.24) is 15.1 Å². The highest BCUT2D eigenvalue weighted by molar-refractivity contribution is 5.42. The quantitative estimate of drug-likeness (QED) is 0.841. The molecule has 0 amide bonds. The number of H-pyrrole nitrogens is 1. The molecule has 2 aromatic rings. The van der Waals surface area contributed by atoms with Crippen LogP contribution in [0.5, 0.6) is 0 Å². The van der Waals surface area contributed by atoms with Crippen LogP contribution < -0.4 is 5.73 Å². The van der Waals surface area contributed by atoms with Crippen LogP contribution in [0.1, 0.15) is 16.8 Å². The maximum Gasteiger partial charge on any atom is 0.148 e. The summed E-state index contributed by atoms with van der Waals surface area (Å²) in [4.78, 5) is 2.47. The van der Waals surface area contributed by atoms with Gasteiger partial charge in [-0.15, -0.1) is 0 Å². The Morgan fingerprint density at radius 3 is 2.78 bits per heavy atom. The molecule has 3 N–H and O–H groups in total. The molecule has 0 bridgehead atoms. The number of fused-ring (bicyclic) bond motifs is 1. The standard InChI is InChI=1S/C14H18N4/c15-14-12-6-8-18(9-7-13(12)16-17-14)10-11-4-2-1-3-5-11/h1-5H,6-10H2,(H3,15,16,17). The van der Waals surface area contributed by atoms with Crippen molar-refractivity contribution in [2.24, 2.45) is 0 Å². The first kappa shape index (κ1) is 11.3. The van der Waals surface area contributed by atoms with Crippen molar-refractivity contribution in [3.05, 3.63) is 47.2 Å². The van der Waals surface area contributed by atoms with Crippen LogP contribution in [-0.4, -0.2) is 28.2 Å². The summed E-state index contributed by atoms with van der Waals surface area (Å²) in [5.41, 5.74) is 9.66. The van der Waals surface area contributed by atoms with Gasteiger partial charge in [-0.1, -0.05) is 30.3 Å². The van der Waals surface area contributed by atoms with E-state index in [9.17, 15) is 0 Å². The maximum atomic E-state index is 5.87. The lowest BCUT2D eigenvalue weighted by Crippen LogP contribution is -2.26. The first-order chi connectivity index (χ1) is 8.83. The van der Waals surface area contributed by atoms with E-state index < -0.39 is 0 Å². The van der Waals surface area contributed by atoms with Crippen LogP contribution in [0, 0.1) is 0 Å². The fourth-order valence-electron chi connectivity index (χ4n) is 2.55. The largest absolute Gasteiger partial charge is 0.382 e. The van der Waals surface area contributed by atoms with E-state index in [1.54, 1.807) is 0 Å². The summed E-state index contributed by atoms with van der Waals surface area (Å²) in [7, 11) is 0. The predicted octanol–water partition coefficient (Wildman–Crippen LogP) is 1.59. The first-order valence-electron chi connectivity index (χ1n) is 6.41. The van der Waals surface area contributed by atoms with Crippen LogP contribution in [0.3, 0.4) is 0 Å². The van der Waals surface area contributed by atoms with Gasteiger partial charge < -0.3 is 5.73 Å². The second-order valence-electron chi connectivity index (χ2n) is 4.83. The van der Waals surface area contributed by atoms with Crippen molar-refractivity contribution >= 4 is 5.82 Å². The van der Waals surface area contributed by atoms with Crippen LogP contribution in [0.4, 0.5) is 5.82 Å². The fraction of sp³-hybridized carbons (Fsp3) is 0.357. The first-order valence-corrected chi connectivity index (χ1v) is 6.41. The van der Waals surface area contributed by atoms with Crippen molar-refractivity contribution in [2.75, 3.05) is 18.8 Å². The van der Waals surface area contributed by atoms with Gasteiger partial charge >= 0.3 is 0 Å². The second kappa shape index (κ2) is 4.82. The van der Waals surface area contributed by atoms with Crippen LogP contribution in [-0.2, 0) is 19.4 Å². The van der Waals surface area contributed by atoms with Crippen LogP contribution >= 0.6 is 0 Å². The summed E-state index contributed by atoms with van der Waals surface area (Å²) in [5, 5.41) is 7.13. The minimum absolute atomic E-state index is 0.673. The molecule has 1 aromatic heterocycles. The molecule has 1 aliphatic heterocycles. The number of hydrogen-bond donors (Lipinski definition) is 2. The van der Waals surface area contributed by atoms with Crippen molar-refractivity contribution in [2.45, 2.75) is 19.4 Å². The average Bonchev–Trinajstić information content (AvgIpc) is 2.63. The van der Waals surface area contributed by atoms with E-state index in [2.05, 4.69) is 45.4 Å². The van der Waals surface area contributed by atoms with Crippen molar-refractivity contribution in [3.8, 4) is 0 Å². The molecule has 0 aliphatic carbocycles. The van der Waals surface area contributed by atoms with E-state index in [0.717, 1.165) is 32.5 Å². The summed E-state index contributed by atoms with van der Waals surface area (Å²) in [6, 6.07) is 10.6. The number of benzene rings is 1. The number of hydrogen-bond acceptors (Lipinski definition) is 3. The van der Waals surface area contributed by atoms with Crippen molar-refractivity contribution in [1.29, 1.82) is 0 Å². The topological polar surface area (TPSA) is 57.9 Å². The summed E-state index contributed by atoms with van der Waals surface area (Å²) in [5.74, 6) is 0.673. The third-order valence-corrected chi connectivity index (χ3v) is 3.59. The number of nitrogen functional groups attached to an aromatic ring is 1. The molecule has 0 spiro atoms. The highest BCUT2D eigenvalue weighted by atomic mass is 15.2. The lowest BCUT2D eigenvalue weighted by atomic mass is 10.1. The highest BCUT2D eigenvalue weighted by Crippen LogP contribution is 2.19. The van der Waals surface area contributed by atoms with E-state index >= 15 is 0 Å². The van der Waals surface area contributed by atoms with E-state index in [-0.39, 0.29) is 0 Å². The summed E-state index contributed by atoms with van der Waals surface area (Å²) >= 11 is 0. The zero-order valence-corrected chi connectivity index (χ0v) is 10.4. The smallest absolute Gasteiger partial charge is 0.148 e. The third-order valence-electron chi connectivity index (χ3n) is 3.59. The minimum Gasteiger partial charge on any atom is -0.382 e. The van der Waals surface area contributed by atoms with Crippen molar-refractivity contribution in [3.63, 3.8) is 0 Å². The molecule has 1 aliphatic rings. The van der Waals surface area contributed by atoms with Gasteiger partial charge in [0.1, 0.15) is 5.82 Å². The molecule has 0 saturated heterocycles. The summed E-state index contributed by atoms with van der Waals surface area (Å²) in [6.45, 7) is 3.12. The molecule has 0 radical (unpaired) electrons. The number of nitrogens with zero attached hydrogens (tertiary/aromatic N) is 2. The second-order valence-corrected chi connectivity index (χ2v) is 4.83. The maximum absolute atomic E-state index is 5.87. The number of aromatic amines is 1. The Hall–Kier alpha value is -1.81. The molecule has 0 unspecified atom stereocenters. The Kier molecular flexibility index (Phi) is 3.02. The number of anilines is 1. The molecule has 4 nitrogen and oxygen atoms in total. The van der Waals surface area contributed by atoms with Crippen LogP contribution in [0.15, 0.2) is 30.3 Å². The number of aromatic nitrogens is 2. The zero-order chi connectivity index (χ0) is 12.4. The lowest BCUT2D eigenvalue weighted by Gasteiger charge is -2.19. The highest BCUT2D eigenvalue weighted by Gasteiger charge is 2.17. The molecule has 1 aromatic carbocycles. The van der Waals surface area contributed by atoms with Crippen molar-refractivity contribution < 1.29 is 0 Å². The van der Waals surface area contributed by atoms with Gasteiger partial charge in [0.05, 0.1) is 0 Å². The van der Waals surface area contributed by atoms with E-state index in [0.29, 0.717) is 5.82 Å². The molecule has 18 heavy (non-hydrogen) atoms. The number of nitrogens with one attached hydrogen (secondary N) is 1. The SMILES string of the molecule is Nc1n[nH]c2c1CCN(Cc1ccccc1)CC2. The summed E-state index contributed by atoms with van der Waals surface area (Å²) in [6.07, 6.45) is 2.00. The molecule has 94 valence electrons. The van der Waals surface area contributed by atoms with E-state index in [1.165, 1.54) is 16.8 Å². The predicted molar refractivity (Wildman–Crippen MR) is 72.1 cm³/mol. The molecule has 0 atom stereocenters. The Labute approximate surface area is 107 Å². The van der Waals surface area contributed by atoms with Gasteiger partial charge in [-0.3, -0.25) is 10.00 Å².